The fraction of sp³-hybridized carbons (Fsp3) is 0.500. The molecule has 5 fully saturated rings. The van der Waals surface area contributed by atoms with Crippen LogP contribution in [0, 0.1) is 0 Å². The molecule has 1 saturated heterocycles. The van der Waals surface area contributed by atoms with E-state index in [1.54, 1.807) is 12.4 Å². The average molecular weight is 678 g/mol. The zero-order chi connectivity index (χ0) is 32.2. The molecular weight excluding hydrogens is 639 g/mol. The maximum atomic E-state index is 12.9. The summed E-state index contributed by atoms with van der Waals surface area (Å²) in [5.41, 5.74) is 5.58. The number of hydrogen-bond donors (Lipinski definition) is 0. The van der Waals surface area contributed by atoms with Gasteiger partial charge in [-0.15, -0.1) is 0 Å². The van der Waals surface area contributed by atoms with Gasteiger partial charge in [-0.3, -0.25) is 9.97 Å². The van der Waals surface area contributed by atoms with Gasteiger partial charge in [-0.2, -0.15) is 0 Å². The van der Waals surface area contributed by atoms with Gasteiger partial charge in [-0.1, -0.05) is 34.4 Å². The van der Waals surface area contributed by atoms with E-state index in [-0.39, 0.29) is 17.0 Å². The number of carbonyl (C=O) groups is 1. The molecule has 0 N–H and O–H groups in total. The number of hydrogen-bond acceptors (Lipinski definition) is 9. The second-order valence-electron chi connectivity index (χ2n) is 13.4. The average Bonchev–Trinajstić information content (AvgIpc) is 3.87. The molecule has 0 spiro atoms. The Hall–Kier alpha value is -3.24. The van der Waals surface area contributed by atoms with Crippen LogP contribution in [0.2, 0.25) is 10.0 Å². The number of anilines is 1. The standard InChI is InChI=1S/C36H38Cl2N4O5/c1-2-45-34(43)24-5-7-28(42-15-17-44-18-16-42)31-23(24)6-8-29(40-31)35-9-12-36(13-10-35,14-11-35)46-21-25-32(41-47-33(25)22-3-4-22)30-26(37)19-39-20-27(30)38/h5-8,19-20,22H,2-4,9-18,21H2,1H3. The van der Waals surface area contributed by atoms with Crippen LogP contribution in [0.25, 0.3) is 22.2 Å². The molecule has 11 heteroatoms. The van der Waals surface area contributed by atoms with Gasteiger partial charge in [0.15, 0.2) is 0 Å². The lowest BCUT2D eigenvalue weighted by Crippen LogP contribution is -2.50. The summed E-state index contributed by atoms with van der Waals surface area (Å²) >= 11 is 13.1. The number of fused-ring (bicyclic) bond motifs is 4. The summed E-state index contributed by atoms with van der Waals surface area (Å²) in [6, 6.07) is 8.12. The van der Waals surface area contributed by atoms with E-state index in [1.165, 1.54) is 0 Å². The molecule has 5 aliphatic rings. The molecule has 3 aromatic heterocycles. The Morgan fingerprint density at radius 3 is 2.40 bits per heavy atom. The normalized spacial score (nSPS) is 24.2. The molecular formula is C36H38Cl2N4O5. The van der Waals surface area contributed by atoms with Gasteiger partial charge in [0.2, 0.25) is 0 Å². The van der Waals surface area contributed by atoms with Gasteiger partial charge < -0.3 is 23.6 Å². The predicted octanol–water partition coefficient (Wildman–Crippen LogP) is 8.04. The van der Waals surface area contributed by atoms with E-state index in [9.17, 15) is 4.79 Å². The Kier molecular flexibility index (Phi) is 8.15. The highest BCUT2D eigenvalue weighted by molar-refractivity contribution is 6.38. The summed E-state index contributed by atoms with van der Waals surface area (Å²) in [6.45, 7) is 5.50. The van der Waals surface area contributed by atoms with Crippen LogP contribution in [0.15, 0.2) is 41.2 Å². The summed E-state index contributed by atoms with van der Waals surface area (Å²) < 4.78 is 23.8. The number of aromatic nitrogens is 3. The molecule has 1 aromatic carbocycles. The van der Waals surface area contributed by atoms with Crippen LogP contribution in [0.4, 0.5) is 5.69 Å². The molecule has 0 amide bonds. The van der Waals surface area contributed by atoms with Crippen molar-refractivity contribution in [2.45, 2.75) is 81.8 Å². The first kappa shape index (κ1) is 31.1. The summed E-state index contributed by atoms with van der Waals surface area (Å²) in [5, 5.41) is 6.16. The van der Waals surface area contributed by atoms with Gasteiger partial charge in [-0.05, 0) is 76.5 Å². The van der Waals surface area contributed by atoms with Crippen molar-refractivity contribution in [2.24, 2.45) is 0 Å². The highest BCUT2D eigenvalue weighted by Gasteiger charge is 2.51. The third-order valence-electron chi connectivity index (χ3n) is 10.8. The van der Waals surface area contributed by atoms with Crippen LogP contribution >= 0.6 is 23.2 Å². The number of nitrogens with zero attached hydrogens (tertiary/aromatic N) is 4. The predicted molar refractivity (Wildman–Crippen MR) is 179 cm³/mol. The van der Waals surface area contributed by atoms with Crippen LogP contribution in [-0.4, -0.2) is 59.6 Å². The smallest absolute Gasteiger partial charge is 0.338 e. The first-order chi connectivity index (χ1) is 22.9. The number of pyridine rings is 2. The molecule has 9 rings (SSSR count). The Balaban J connectivity index is 1.06. The molecule has 4 saturated carbocycles. The molecule has 9 nitrogen and oxygen atoms in total. The summed E-state index contributed by atoms with van der Waals surface area (Å²) in [7, 11) is 0. The van der Waals surface area contributed by atoms with E-state index in [2.05, 4.69) is 27.2 Å². The Bertz CT molecular complexity index is 1790. The number of rotatable bonds is 9. The van der Waals surface area contributed by atoms with E-state index < -0.39 is 0 Å². The molecule has 246 valence electrons. The molecule has 1 aliphatic heterocycles. The second kappa shape index (κ2) is 12.3. The molecule has 0 atom stereocenters. The van der Waals surface area contributed by atoms with Crippen molar-refractivity contribution >= 4 is 45.8 Å². The van der Waals surface area contributed by atoms with Gasteiger partial charge in [0.1, 0.15) is 11.5 Å². The number of carbonyl (C=O) groups excluding carboxylic acids is 1. The van der Waals surface area contributed by atoms with Crippen molar-refractivity contribution in [2.75, 3.05) is 37.8 Å². The lowest BCUT2D eigenvalue weighted by molar-refractivity contribution is -0.127. The zero-order valence-corrected chi connectivity index (χ0v) is 28.0. The number of esters is 1. The van der Waals surface area contributed by atoms with E-state index in [1.807, 2.05) is 19.1 Å². The fourth-order valence-electron chi connectivity index (χ4n) is 7.88. The maximum absolute atomic E-state index is 12.9. The number of benzene rings is 1. The molecule has 4 heterocycles. The third kappa shape index (κ3) is 5.59. The minimum atomic E-state index is -0.315. The van der Waals surface area contributed by atoms with E-state index in [0.717, 1.165) is 98.1 Å². The molecule has 4 aliphatic carbocycles. The lowest BCUT2D eigenvalue weighted by Gasteiger charge is -2.53. The van der Waals surface area contributed by atoms with E-state index in [4.69, 9.17) is 46.9 Å². The maximum Gasteiger partial charge on any atom is 0.338 e. The van der Waals surface area contributed by atoms with Crippen LogP contribution < -0.4 is 4.90 Å². The monoisotopic (exact) mass is 676 g/mol. The molecule has 47 heavy (non-hydrogen) atoms. The van der Waals surface area contributed by atoms with Gasteiger partial charge >= 0.3 is 5.97 Å². The van der Waals surface area contributed by atoms with Gasteiger partial charge in [0.05, 0.1) is 58.8 Å². The Morgan fingerprint density at radius 2 is 1.72 bits per heavy atom. The SMILES string of the molecule is CCOC(=O)c1ccc(N2CCOCC2)c2nc(C34CCC(OCc5c(-c6c(Cl)cncc6Cl)noc5C5CC5)(CC3)CC4)ccc12. The first-order valence-corrected chi connectivity index (χ1v) is 17.5. The minimum absolute atomic E-state index is 0.0267. The first-order valence-electron chi connectivity index (χ1n) is 16.8. The third-order valence-corrected chi connectivity index (χ3v) is 11.4. The van der Waals surface area contributed by atoms with E-state index >= 15 is 0 Å². The summed E-state index contributed by atoms with van der Waals surface area (Å²) in [6.07, 6.45) is 11.1. The highest BCUT2D eigenvalue weighted by Crippen LogP contribution is 2.56. The van der Waals surface area contributed by atoms with Crippen molar-refractivity contribution in [1.29, 1.82) is 0 Å². The fourth-order valence-corrected chi connectivity index (χ4v) is 8.43. The van der Waals surface area contributed by atoms with Crippen molar-refractivity contribution in [3.8, 4) is 11.3 Å². The topological polar surface area (TPSA) is 99.8 Å². The lowest BCUT2D eigenvalue weighted by atomic mass is 9.57. The Morgan fingerprint density at radius 1 is 1.00 bits per heavy atom. The summed E-state index contributed by atoms with van der Waals surface area (Å²) in [5.74, 6) is 0.938. The minimum Gasteiger partial charge on any atom is -0.462 e. The van der Waals surface area contributed by atoms with Gasteiger partial charge in [-0.25, -0.2) is 4.79 Å². The molecule has 4 aromatic rings. The number of halogens is 2. The van der Waals surface area contributed by atoms with Crippen LogP contribution in [-0.2, 0) is 26.2 Å². The van der Waals surface area contributed by atoms with Crippen molar-refractivity contribution in [1.82, 2.24) is 15.1 Å². The highest BCUT2D eigenvalue weighted by atomic mass is 35.5. The van der Waals surface area contributed by atoms with Crippen molar-refractivity contribution in [3.05, 3.63) is 69.3 Å². The van der Waals surface area contributed by atoms with Crippen molar-refractivity contribution in [3.63, 3.8) is 0 Å². The second-order valence-corrected chi connectivity index (χ2v) is 14.2. The quantitative estimate of drug-likeness (QED) is 0.163. The summed E-state index contributed by atoms with van der Waals surface area (Å²) in [4.78, 5) is 24.7. The van der Waals surface area contributed by atoms with Crippen LogP contribution in [0.3, 0.4) is 0 Å². The zero-order valence-electron chi connectivity index (χ0n) is 26.5. The molecule has 0 radical (unpaired) electrons. The molecule has 0 unspecified atom stereocenters. The number of ether oxygens (including phenoxy) is 3. The van der Waals surface area contributed by atoms with Crippen LogP contribution in [0.5, 0.6) is 0 Å². The molecule has 2 bridgehead atoms. The van der Waals surface area contributed by atoms with Gasteiger partial charge in [0, 0.05) is 59.0 Å². The van der Waals surface area contributed by atoms with Crippen LogP contribution in [0.1, 0.15) is 91.6 Å². The van der Waals surface area contributed by atoms with E-state index in [0.29, 0.717) is 59.2 Å². The largest absolute Gasteiger partial charge is 0.462 e. The number of morpholine rings is 1. The Labute approximate surface area is 283 Å². The van der Waals surface area contributed by atoms with Gasteiger partial charge in [0.25, 0.3) is 0 Å². The van der Waals surface area contributed by atoms with Crippen molar-refractivity contribution < 1.29 is 23.5 Å².